The molecule has 0 saturated carbocycles. The highest BCUT2D eigenvalue weighted by atomic mass is 15.3. The van der Waals surface area contributed by atoms with Crippen LogP contribution in [-0.4, -0.2) is 4.98 Å². The highest BCUT2D eigenvalue weighted by molar-refractivity contribution is 5.68. The Bertz CT molecular complexity index is 510. The molecule has 7 N–H and O–H groups in total. The van der Waals surface area contributed by atoms with Crippen LogP contribution < -0.4 is 22.7 Å². The molecule has 0 bridgehead atoms. The maximum atomic E-state index is 5.95. The van der Waals surface area contributed by atoms with E-state index < -0.39 is 0 Å². The number of hydrogen-bond donors (Lipinski definition) is 4. The molecule has 1 heterocycles. The first-order valence-electron chi connectivity index (χ1n) is 5.26. The average molecular weight is 229 g/mol. The summed E-state index contributed by atoms with van der Waals surface area (Å²) in [5.74, 6) is 6.15. The van der Waals surface area contributed by atoms with E-state index >= 15 is 0 Å². The van der Waals surface area contributed by atoms with Crippen molar-refractivity contribution in [1.29, 1.82) is 0 Å². The lowest BCUT2D eigenvalue weighted by Gasteiger charge is -2.11. The lowest BCUT2D eigenvalue weighted by molar-refractivity contribution is 1.16. The van der Waals surface area contributed by atoms with Crippen LogP contribution in [0.2, 0.25) is 0 Å². The normalized spacial score (nSPS) is 10.2. The summed E-state index contributed by atoms with van der Waals surface area (Å²) in [4.78, 5) is 4.01. The molecule has 0 unspecified atom stereocenters. The third-order valence-electron chi connectivity index (χ3n) is 2.54. The standard InChI is InChI=1S/C12H15N5/c13-10-7-9(11(14)12(16-10)17-15)6-8-4-2-1-3-5-8/h1-5,7H,6,14-15H2,(H3,13,16,17). The Morgan fingerprint density at radius 1 is 1.12 bits per heavy atom. The van der Waals surface area contributed by atoms with E-state index in [4.69, 9.17) is 17.3 Å². The molecule has 2 aromatic rings. The average Bonchev–Trinajstić information content (AvgIpc) is 2.34. The minimum atomic E-state index is 0.401. The zero-order valence-corrected chi connectivity index (χ0v) is 9.35. The van der Waals surface area contributed by atoms with Crippen LogP contribution in [-0.2, 0) is 6.42 Å². The third kappa shape index (κ3) is 2.46. The monoisotopic (exact) mass is 229 g/mol. The van der Waals surface area contributed by atoms with Crippen molar-refractivity contribution in [2.24, 2.45) is 5.84 Å². The van der Waals surface area contributed by atoms with Crippen molar-refractivity contribution in [3.63, 3.8) is 0 Å². The molecule has 0 aliphatic rings. The third-order valence-corrected chi connectivity index (χ3v) is 2.54. The molecule has 0 atom stereocenters. The van der Waals surface area contributed by atoms with Gasteiger partial charge in [0.1, 0.15) is 5.82 Å². The van der Waals surface area contributed by atoms with Gasteiger partial charge in [0.2, 0.25) is 0 Å². The number of hydrogen-bond acceptors (Lipinski definition) is 5. The molecular weight excluding hydrogens is 214 g/mol. The molecule has 0 saturated heterocycles. The van der Waals surface area contributed by atoms with Gasteiger partial charge in [0.25, 0.3) is 0 Å². The van der Waals surface area contributed by atoms with Gasteiger partial charge >= 0.3 is 0 Å². The van der Waals surface area contributed by atoms with Gasteiger partial charge < -0.3 is 16.9 Å². The highest BCUT2D eigenvalue weighted by Gasteiger charge is 2.08. The van der Waals surface area contributed by atoms with Crippen LogP contribution in [0.3, 0.4) is 0 Å². The van der Waals surface area contributed by atoms with E-state index in [1.54, 1.807) is 6.07 Å². The summed E-state index contributed by atoms with van der Waals surface area (Å²) >= 11 is 0. The van der Waals surface area contributed by atoms with E-state index in [9.17, 15) is 0 Å². The van der Waals surface area contributed by atoms with E-state index in [1.165, 1.54) is 0 Å². The number of nitrogens with zero attached hydrogens (tertiary/aromatic N) is 1. The van der Waals surface area contributed by atoms with Crippen molar-refractivity contribution in [1.82, 2.24) is 4.98 Å². The minimum Gasteiger partial charge on any atom is -0.395 e. The SMILES string of the molecule is NNc1nc(N)cc(Cc2ccccc2)c1N. The molecule has 2 rings (SSSR count). The number of nitrogen functional groups attached to an aromatic ring is 3. The maximum Gasteiger partial charge on any atom is 0.165 e. The fraction of sp³-hybridized carbons (Fsp3) is 0.0833. The summed E-state index contributed by atoms with van der Waals surface area (Å²) in [6.07, 6.45) is 0.702. The maximum absolute atomic E-state index is 5.95. The number of nitrogens with two attached hydrogens (primary N) is 3. The van der Waals surface area contributed by atoms with Crippen LogP contribution in [0.4, 0.5) is 17.3 Å². The van der Waals surface area contributed by atoms with Gasteiger partial charge in [0, 0.05) is 0 Å². The number of anilines is 3. The lowest BCUT2D eigenvalue weighted by atomic mass is 10.0. The minimum absolute atomic E-state index is 0.401. The molecule has 5 heteroatoms. The molecule has 88 valence electrons. The van der Waals surface area contributed by atoms with E-state index in [1.807, 2.05) is 30.3 Å². The zero-order valence-electron chi connectivity index (χ0n) is 9.35. The molecular formula is C12H15N5. The van der Waals surface area contributed by atoms with Gasteiger partial charge in [-0.15, -0.1) is 0 Å². The Hall–Kier alpha value is -2.27. The smallest absolute Gasteiger partial charge is 0.165 e. The lowest BCUT2D eigenvalue weighted by Crippen LogP contribution is -2.13. The summed E-state index contributed by atoms with van der Waals surface area (Å²) in [7, 11) is 0. The molecule has 0 fully saturated rings. The van der Waals surface area contributed by atoms with Crippen molar-refractivity contribution in [3.8, 4) is 0 Å². The van der Waals surface area contributed by atoms with Crippen molar-refractivity contribution < 1.29 is 0 Å². The van der Waals surface area contributed by atoms with Crippen molar-refractivity contribution >= 4 is 17.3 Å². The summed E-state index contributed by atoms with van der Waals surface area (Å²) in [5.41, 5.74) is 16.7. The first-order valence-corrected chi connectivity index (χ1v) is 5.26. The predicted molar refractivity (Wildman–Crippen MR) is 70.1 cm³/mol. The Kier molecular flexibility index (Phi) is 3.11. The highest BCUT2D eigenvalue weighted by Crippen LogP contribution is 2.24. The van der Waals surface area contributed by atoms with Gasteiger partial charge in [-0.25, -0.2) is 10.8 Å². The number of hydrazine groups is 1. The molecule has 17 heavy (non-hydrogen) atoms. The van der Waals surface area contributed by atoms with Gasteiger partial charge in [-0.2, -0.15) is 0 Å². The molecule has 5 nitrogen and oxygen atoms in total. The van der Waals surface area contributed by atoms with Crippen molar-refractivity contribution in [2.75, 3.05) is 16.9 Å². The number of rotatable bonds is 3. The second-order valence-electron chi connectivity index (χ2n) is 3.78. The van der Waals surface area contributed by atoms with Crippen molar-refractivity contribution in [2.45, 2.75) is 6.42 Å². The second kappa shape index (κ2) is 4.71. The Labute approximate surface area is 99.6 Å². The van der Waals surface area contributed by atoms with Crippen LogP contribution in [0.1, 0.15) is 11.1 Å². The molecule has 0 aliphatic carbocycles. The van der Waals surface area contributed by atoms with Crippen LogP contribution in [0.25, 0.3) is 0 Å². The summed E-state index contributed by atoms with van der Waals surface area (Å²) in [6.45, 7) is 0. The number of aromatic nitrogens is 1. The van der Waals surface area contributed by atoms with E-state index in [0.29, 0.717) is 23.7 Å². The molecule has 0 radical (unpaired) electrons. The molecule has 1 aromatic carbocycles. The van der Waals surface area contributed by atoms with E-state index in [0.717, 1.165) is 11.1 Å². The Morgan fingerprint density at radius 2 is 1.82 bits per heavy atom. The zero-order chi connectivity index (χ0) is 12.3. The molecule has 0 spiro atoms. The summed E-state index contributed by atoms with van der Waals surface area (Å²) in [6, 6.07) is 11.8. The Balaban J connectivity index is 2.36. The van der Waals surface area contributed by atoms with Crippen LogP contribution >= 0.6 is 0 Å². The van der Waals surface area contributed by atoms with Crippen molar-refractivity contribution in [3.05, 3.63) is 47.5 Å². The quantitative estimate of drug-likeness (QED) is 0.466. The number of pyridine rings is 1. The summed E-state index contributed by atoms with van der Waals surface area (Å²) < 4.78 is 0. The Morgan fingerprint density at radius 3 is 2.47 bits per heavy atom. The first-order chi connectivity index (χ1) is 8.20. The largest absolute Gasteiger partial charge is 0.395 e. The van der Waals surface area contributed by atoms with Gasteiger partial charge in [-0.3, -0.25) is 0 Å². The van der Waals surface area contributed by atoms with Crippen LogP contribution in [0.15, 0.2) is 36.4 Å². The number of benzene rings is 1. The summed E-state index contributed by atoms with van der Waals surface area (Å²) in [5, 5.41) is 0. The number of nitrogens with one attached hydrogen (secondary N) is 1. The molecule has 0 aliphatic heterocycles. The van der Waals surface area contributed by atoms with E-state index in [-0.39, 0.29) is 0 Å². The molecule has 1 aromatic heterocycles. The van der Waals surface area contributed by atoms with Gasteiger partial charge in [-0.05, 0) is 23.6 Å². The fourth-order valence-electron chi connectivity index (χ4n) is 1.70. The second-order valence-corrected chi connectivity index (χ2v) is 3.78. The van der Waals surface area contributed by atoms with Crippen LogP contribution in [0, 0.1) is 0 Å². The van der Waals surface area contributed by atoms with Gasteiger partial charge in [0.15, 0.2) is 5.82 Å². The van der Waals surface area contributed by atoms with Gasteiger partial charge in [-0.1, -0.05) is 30.3 Å². The molecule has 0 amide bonds. The first kappa shape index (κ1) is 11.2. The predicted octanol–water partition coefficient (Wildman–Crippen LogP) is 1.12. The topological polar surface area (TPSA) is 103 Å². The fourth-order valence-corrected chi connectivity index (χ4v) is 1.70. The van der Waals surface area contributed by atoms with E-state index in [2.05, 4.69) is 10.4 Å². The van der Waals surface area contributed by atoms with Crippen LogP contribution in [0.5, 0.6) is 0 Å². The van der Waals surface area contributed by atoms with Gasteiger partial charge in [0.05, 0.1) is 5.69 Å².